The lowest BCUT2D eigenvalue weighted by Gasteiger charge is -2.18. The lowest BCUT2D eigenvalue weighted by molar-refractivity contribution is -0.130. The van der Waals surface area contributed by atoms with E-state index in [1.54, 1.807) is 4.90 Å². The van der Waals surface area contributed by atoms with E-state index in [4.69, 9.17) is 0 Å². The topological polar surface area (TPSA) is 67.2 Å². The molecule has 0 radical (unpaired) electrons. The summed E-state index contributed by atoms with van der Waals surface area (Å²) in [7, 11) is 1.83. The van der Waals surface area contributed by atoms with Crippen LogP contribution in [0.2, 0.25) is 0 Å². The van der Waals surface area contributed by atoms with Crippen LogP contribution in [-0.2, 0) is 22.7 Å². The summed E-state index contributed by atoms with van der Waals surface area (Å²) in [5.41, 5.74) is 1.76. The Bertz CT molecular complexity index is 723. The van der Waals surface area contributed by atoms with Crippen LogP contribution in [0.1, 0.15) is 45.4 Å². The molecule has 0 bridgehead atoms. The molecule has 1 N–H and O–H groups in total. The first-order valence-corrected chi connectivity index (χ1v) is 9.01. The van der Waals surface area contributed by atoms with Crippen molar-refractivity contribution in [2.75, 3.05) is 13.6 Å². The van der Waals surface area contributed by atoms with Crippen LogP contribution < -0.4 is 5.32 Å². The summed E-state index contributed by atoms with van der Waals surface area (Å²) in [4.78, 5) is 30.7. The van der Waals surface area contributed by atoms with Crippen molar-refractivity contribution in [2.45, 2.75) is 52.6 Å². The zero-order chi connectivity index (χ0) is 18.2. The molecular weight excluding hydrogens is 316 g/mol. The lowest BCUT2D eigenvalue weighted by Crippen LogP contribution is -2.32. The zero-order valence-electron chi connectivity index (χ0n) is 15.4. The van der Waals surface area contributed by atoms with Gasteiger partial charge < -0.3 is 14.8 Å². The molecule has 6 nitrogen and oxygen atoms in total. The van der Waals surface area contributed by atoms with Gasteiger partial charge in [-0.15, -0.1) is 0 Å². The summed E-state index contributed by atoms with van der Waals surface area (Å²) in [5, 5.41) is 2.89. The van der Waals surface area contributed by atoms with Gasteiger partial charge in [0.25, 0.3) is 0 Å². The number of amides is 2. The molecule has 0 saturated heterocycles. The molecule has 0 spiro atoms. The Hall–Kier alpha value is -2.37. The average Bonchev–Trinajstić information content (AvgIpc) is 2.95. The van der Waals surface area contributed by atoms with E-state index >= 15 is 0 Å². The minimum Gasteiger partial charge on any atom is -0.349 e. The minimum atomic E-state index is 0.00694. The van der Waals surface area contributed by atoms with Crippen molar-refractivity contribution in [2.24, 2.45) is 0 Å². The van der Waals surface area contributed by atoms with Crippen molar-refractivity contribution in [3.05, 3.63) is 30.1 Å². The highest BCUT2D eigenvalue weighted by molar-refractivity contribution is 5.81. The van der Waals surface area contributed by atoms with Gasteiger partial charge in [-0.05, 0) is 25.0 Å². The second-order valence-corrected chi connectivity index (χ2v) is 6.30. The van der Waals surface area contributed by atoms with Gasteiger partial charge in [0, 0.05) is 20.0 Å². The summed E-state index contributed by atoms with van der Waals surface area (Å²) in [6.07, 6.45) is 3.36. The Labute approximate surface area is 149 Å². The van der Waals surface area contributed by atoms with Crippen molar-refractivity contribution in [3.63, 3.8) is 0 Å². The highest BCUT2D eigenvalue weighted by Gasteiger charge is 2.16. The Morgan fingerprint density at radius 3 is 2.68 bits per heavy atom. The Balaban J connectivity index is 2.19. The molecule has 0 aliphatic rings. The second-order valence-electron chi connectivity index (χ2n) is 6.30. The number of carbonyl (C=O) groups is 2. The molecular formula is C19H28N4O2. The van der Waals surface area contributed by atoms with E-state index in [9.17, 15) is 9.59 Å². The van der Waals surface area contributed by atoms with Gasteiger partial charge >= 0.3 is 0 Å². The number of fused-ring (bicyclic) bond motifs is 1. The molecule has 2 rings (SSSR count). The van der Waals surface area contributed by atoms with Gasteiger partial charge in [-0.3, -0.25) is 9.59 Å². The fourth-order valence-corrected chi connectivity index (χ4v) is 2.71. The van der Waals surface area contributed by atoms with Gasteiger partial charge in [0.05, 0.1) is 17.6 Å². The first-order valence-electron chi connectivity index (χ1n) is 9.01. The average molecular weight is 344 g/mol. The van der Waals surface area contributed by atoms with Gasteiger partial charge in [0.15, 0.2) is 0 Å². The molecule has 0 aliphatic carbocycles. The first kappa shape index (κ1) is 19.0. The number of hydrogen-bond donors (Lipinski definition) is 1. The predicted molar refractivity (Wildman–Crippen MR) is 99.0 cm³/mol. The summed E-state index contributed by atoms with van der Waals surface area (Å²) in [5.74, 6) is 0.771. The van der Waals surface area contributed by atoms with Crippen LogP contribution in [-0.4, -0.2) is 39.9 Å². The maximum Gasteiger partial charge on any atom is 0.242 e. The standard InChI is InChI=1S/C19H28N4O2/c1-4-6-12-22(3)19(25)14-23-16-11-8-7-10-15(16)21-17(23)13-20-18(24)9-5-2/h7-8,10-11H,4-6,9,12-14H2,1-3H3,(H,20,24). The number of nitrogens with one attached hydrogen (secondary N) is 1. The maximum absolute atomic E-state index is 12.5. The summed E-state index contributed by atoms with van der Waals surface area (Å²) in [6.45, 7) is 5.40. The molecule has 2 amide bonds. The van der Waals surface area contributed by atoms with Gasteiger partial charge in [0.1, 0.15) is 12.4 Å². The molecule has 0 saturated carbocycles. The molecule has 1 aromatic carbocycles. The maximum atomic E-state index is 12.5. The third kappa shape index (κ3) is 5.05. The number of carbonyl (C=O) groups excluding carboxylic acids is 2. The molecule has 25 heavy (non-hydrogen) atoms. The third-order valence-electron chi connectivity index (χ3n) is 4.22. The van der Waals surface area contributed by atoms with Gasteiger partial charge in [-0.1, -0.05) is 32.4 Å². The summed E-state index contributed by atoms with van der Waals surface area (Å²) >= 11 is 0. The van der Waals surface area contributed by atoms with E-state index in [1.807, 2.05) is 42.8 Å². The number of hydrogen-bond acceptors (Lipinski definition) is 3. The molecule has 0 atom stereocenters. The van der Waals surface area contributed by atoms with Gasteiger partial charge in [0.2, 0.25) is 11.8 Å². The number of para-hydroxylation sites is 2. The molecule has 6 heteroatoms. The number of benzene rings is 1. The number of aromatic nitrogens is 2. The number of imidazole rings is 1. The van der Waals surface area contributed by atoms with Crippen molar-refractivity contribution >= 4 is 22.8 Å². The number of rotatable bonds is 9. The lowest BCUT2D eigenvalue weighted by atomic mass is 10.3. The molecule has 2 aromatic rings. The van der Waals surface area contributed by atoms with Crippen LogP contribution in [0.15, 0.2) is 24.3 Å². The van der Waals surface area contributed by atoms with Crippen molar-refractivity contribution < 1.29 is 9.59 Å². The van der Waals surface area contributed by atoms with Crippen LogP contribution >= 0.6 is 0 Å². The quantitative estimate of drug-likeness (QED) is 0.760. The van der Waals surface area contributed by atoms with E-state index < -0.39 is 0 Å². The highest BCUT2D eigenvalue weighted by atomic mass is 16.2. The van der Waals surface area contributed by atoms with Gasteiger partial charge in [-0.25, -0.2) is 4.98 Å². The van der Waals surface area contributed by atoms with Crippen LogP contribution in [0.4, 0.5) is 0 Å². The molecule has 136 valence electrons. The molecule has 0 fully saturated rings. The van der Waals surface area contributed by atoms with Crippen LogP contribution in [0.5, 0.6) is 0 Å². The fraction of sp³-hybridized carbons (Fsp3) is 0.526. The van der Waals surface area contributed by atoms with Crippen molar-refractivity contribution in [3.8, 4) is 0 Å². The van der Waals surface area contributed by atoms with Crippen LogP contribution in [0, 0.1) is 0 Å². The molecule has 1 heterocycles. The van der Waals surface area contributed by atoms with E-state index in [1.165, 1.54) is 0 Å². The summed E-state index contributed by atoms with van der Waals surface area (Å²) in [6, 6.07) is 7.74. The molecule has 1 aromatic heterocycles. The Kier molecular flexibility index (Phi) is 6.98. The molecule has 0 aliphatic heterocycles. The largest absolute Gasteiger partial charge is 0.349 e. The normalized spacial score (nSPS) is 10.8. The smallest absolute Gasteiger partial charge is 0.242 e. The number of nitrogens with zero attached hydrogens (tertiary/aromatic N) is 3. The Morgan fingerprint density at radius 2 is 1.96 bits per heavy atom. The first-order chi connectivity index (χ1) is 12.1. The second kappa shape index (κ2) is 9.20. The highest BCUT2D eigenvalue weighted by Crippen LogP contribution is 2.16. The minimum absolute atomic E-state index is 0.00694. The van der Waals surface area contributed by atoms with Gasteiger partial charge in [-0.2, -0.15) is 0 Å². The summed E-state index contributed by atoms with van der Waals surface area (Å²) < 4.78 is 1.91. The number of likely N-dealkylation sites (N-methyl/N-ethyl adjacent to an activating group) is 1. The van der Waals surface area contributed by atoms with E-state index in [-0.39, 0.29) is 18.4 Å². The molecule has 0 unspecified atom stereocenters. The van der Waals surface area contributed by atoms with E-state index in [0.717, 1.165) is 36.8 Å². The monoisotopic (exact) mass is 344 g/mol. The fourth-order valence-electron chi connectivity index (χ4n) is 2.71. The SMILES string of the molecule is CCCCN(C)C(=O)Cn1c(CNC(=O)CCC)nc2ccccc21. The van der Waals surface area contributed by atoms with Crippen LogP contribution in [0.3, 0.4) is 0 Å². The van der Waals surface area contributed by atoms with E-state index in [0.29, 0.717) is 18.8 Å². The van der Waals surface area contributed by atoms with E-state index in [2.05, 4.69) is 17.2 Å². The van der Waals surface area contributed by atoms with Crippen molar-refractivity contribution in [1.82, 2.24) is 19.8 Å². The number of unbranched alkanes of at least 4 members (excludes halogenated alkanes) is 1. The van der Waals surface area contributed by atoms with Crippen molar-refractivity contribution in [1.29, 1.82) is 0 Å². The zero-order valence-corrected chi connectivity index (χ0v) is 15.4. The Morgan fingerprint density at radius 1 is 1.20 bits per heavy atom. The van der Waals surface area contributed by atoms with Crippen LogP contribution in [0.25, 0.3) is 11.0 Å². The third-order valence-corrected chi connectivity index (χ3v) is 4.22. The predicted octanol–water partition coefficient (Wildman–Crippen LogP) is 2.71.